The lowest BCUT2D eigenvalue weighted by atomic mass is 9.88. The van der Waals surface area contributed by atoms with Gasteiger partial charge in [-0.05, 0) is 41.5 Å². The molecule has 0 amide bonds. The summed E-state index contributed by atoms with van der Waals surface area (Å²) in [7, 11) is 0. The molecule has 104 valence electrons. The molecule has 20 heavy (non-hydrogen) atoms. The number of aliphatic hydroxyl groups is 1. The second kappa shape index (κ2) is 6.49. The summed E-state index contributed by atoms with van der Waals surface area (Å²) in [6.45, 7) is 4.00. The highest BCUT2D eigenvalue weighted by molar-refractivity contribution is 6.09. The van der Waals surface area contributed by atoms with Gasteiger partial charge in [0.15, 0.2) is 5.78 Å². The van der Waals surface area contributed by atoms with Crippen LogP contribution in [-0.4, -0.2) is 17.5 Å². The van der Waals surface area contributed by atoms with Gasteiger partial charge in [0, 0.05) is 11.5 Å². The van der Waals surface area contributed by atoms with Crippen molar-refractivity contribution in [2.45, 2.75) is 20.3 Å². The zero-order valence-electron chi connectivity index (χ0n) is 12.0. The van der Waals surface area contributed by atoms with Crippen LogP contribution in [0.2, 0.25) is 0 Å². The zero-order valence-corrected chi connectivity index (χ0v) is 12.0. The van der Waals surface area contributed by atoms with Crippen LogP contribution in [0.3, 0.4) is 0 Å². The van der Waals surface area contributed by atoms with Crippen LogP contribution in [0.4, 0.5) is 0 Å². The number of carbonyl (C=O) groups is 1. The van der Waals surface area contributed by atoms with Crippen molar-refractivity contribution in [2.75, 3.05) is 6.61 Å². The minimum Gasteiger partial charge on any atom is -0.396 e. The Labute approximate surface area is 119 Å². The third kappa shape index (κ3) is 2.97. The van der Waals surface area contributed by atoms with Gasteiger partial charge in [-0.25, -0.2) is 0 Å². The highest BCUT2D eigenvalue weighted by Gasteiger charge is 2.19. The molecular formula is C18H20O2. The minimum absolute atomic E-state index is 0.00756. The first-order chi connectivity index (χ1) is 9.69. The lowest BCUT2D eigenvalue weighted by Gasteiger charge is -2.17. The monoisotopic (exact) mass is 268 g/mol. The predicted molar refractivity (Wildman–Crippen MR) is 82.3 cm³/mol. The molecule has 0 aliphatic heterocycles. The second-order valence-corrected chi connectivity index (χ2v) is 4.95. The number of hydrogen-bond acceptors (Lipinski definition) is 2. The average molecular weight is 268 g/mol. The number of benzene rings is 1. The van der Waals surface area contributed by atoms with E-state index in [9.17, 15) is 9.90 Å². The molecule has 1 aromatic rings. The number of carbonyl (C=O) groups excluding carboxylic acids is 1. The van der Waals surface area contributed by atoms with E-state index >= 15 is 0 Å². The van der Waals surface area contributed by atoms with Gasteiger partial charge in [-0.2, -0.15) is 0 Å². The van der Waals surface area contributed by atoms with E-state index in [-0.39, 0.29) is 18.3 Å². The number of aliphatic hydroxyl groups excluding tert-OH is 1. The summed E-state index contributed by atoms with van der Waals surface area (Å²) in [6, 6.07) is 8.23. The summed E-state index contributed by atoms with van der Waals surface area (Å²) < 4.78 is 0. The zero-order chi connectivity index (χ0) is 14.5. The molecule has 0 fully saturated rings. The smallest absolute Gasteiger partial charge is 0.182 e. The molecule has 0 saturated carbocycles. The summed E-state index contributed by atoms with van der Waals surface area (Å²) in [4.78, 5) is 11.9. The Bertz CT molecular complexity index is 650. The number of hydrogen-bond donors (Lipinski definition) is 1. The molecule has 0 radical (unpaired) electrons. The molecule has 0 spiro atoms. The van der Waals surface area contributed by atoms with E-state index in [1.165, 1.54) is 5.22 Å². The topological polar surface area (TPSA) is 37.3 Å². The van der Waals surface area contributed by atoms with Crippen LogP contribution < -0.4 is 10.4 Å². The Morgan fingerprint density at radius 2 is 1.90 bits per heavy atom. The fourth-order valence-corrected chi connectivity index (χ4v) is 2.36. The number of ketones is 1. The summed E-state index contributed by atoms with van der Waals surface area (Å²) >= 11 is 0. The van der Waals surface area contributed by atoms with Gasteiger partial charge in [0.2, 0.25) is 0 Å². The number of rotatable bonds is 3. The fraction of sp³-hybridized carbons (Fsp3) is 0.278. The quantitative estimate of drug-likeness (QED) is 0.906. The molecule has 2 nitrogen and oxygen atoms in total. The fourth-order valence-electron chi connectivity index (χ4n) is 2.36. The van der Waals surface area contributed by atoms with Crippen LogP contribution in [0.25, 0.3) is 11.6 Å². The molecule has 0 heterocycles. The van der Waals surface area contributed by atoms with Gasteiger partial charge in [0.05, 0.1) is 6.61 Å². The van der Waals surface area contributed by atoms with Gasteiger partial charge in [-0.15, -0.1) is 0 Å². The standard InChI is InChI=1S/C18H20O2/c1-3-13-5-7-15(8-6-13)16-9-10-18(20)17(11-16)14(4-2)12-19/h3,5-11,14,19H,4,12H2,1-2H3. The van der Waals surface area contributed by atoms with Crippen molar-refractivity contribution in [3.63, 3.8) is 0 Å². The summed E-state index contributed by atoms with van der Waals surface area (Å²) in [5.74, 6) is -0.0705. The van der Waals surface area contributed by atoms with Gasteiger partial charge in [0.1, 0.15) is 0 Å². The van der Waals surface area contributed by atoms with Crippen molar-refractivity contribution < 1.29 is 9.90 Å². The predicted octanol–water partition coefficient (Wildman–Crippen LogP) is 1.72. The molecule has 1 N–H and O–H groups in total. The summed E-state index contributed by atoms with van der Waals surface area (Å²) in [5.41, 5.74) is 1.73. The van der Waals surface area contributed by atoms with Gasteiger partial charge >= 0.3 is 0 Å². The van der Waals surface area contributed by atoms with E-state index in [0.29, 0.717) is 5.57 Å². The average Bonchev–Trinajstić information content (AvgIpc) is 2.50. The normalized spacial score (nSPS) is 16.1. The van der Waals surface area contributed by atoms with Crippen LogP contribution in [0.15, 0.2) is 48.1 Å². The van der Waals surface area contributed by atoms with Crippen LogP contribution in [0.1, 0.15) is 20.3 Å². The first kappa shape index (κ1) is 14.5. The Morgan fingerprint density at radius 3 is 2.45 bits per heavy atom. The van der Waals surface area contributed by atoms with Crippen molar-refractivity contribution in [3.05, 3.63) is 58.5 Å². The first-order valence-corrected chi connectivity index (χ1v) is 7.01. The molecule has 0 saturated heterocycles. The number of allylic oxidation sites excluding steroid dienone is 3. The van der Waals surface area contributed by atoms with Crippen molar-refractivity contribution in [1.82, 2.24) is 0 Å². The second-order valence-electron chi connectivity index (χ2n) is 4.95. The Balaban J connectivity index is 2.51. The van der Waals surface area contributed by atoms with Gasteiger partial charge in [0.25, 0.3) is 0 Å². The molecule has 2 heteroatoms. The van der Waals surface area contributed by atoms with Crippen molar-refractivity contribution in [2.24, 2.45) is 5.92 Å². The van der Waals surface area contributed by atoms with Gasteiger partial charge in [-0.3, -0.25) is 4.79 Å². The maximum atomic E-state index is 11.9. The van der Waals surface area contributed by atoms with Gasteiger partial charge < -0.3 is 5.11 Å². The van der Waals surface area contributed by atoms with Gasteiger partial charge in [-0.1, -0.05) is 43.3 Å². The summed E-state index contributed by atoms with van der Waals surface area (Å²) in [5, 5.41) is 11.7. The van der Waals surface area contributed by atoms with E-state index in [1.54, 1.807) is 6.08 Å². The largest absolute Gasteiger partial charge is 0.396 e. The molecule has 1 aliphatic carbocycles. The lowest BCUT2D eigenvalue weighted by molar-refractivity contribution is -0.112. The van der Waals surface area contributed by atoms with Crippen LogP contribution >= 0.6 is 0 Å². The van der Waals surface area contributed by atoms with E-state index in [2.05, 4.69) is 30.3 Å². The van der Waals surface area contributed by atoms with E-state index in [0.717, 1.165) is 17.2 Å². The minimum atomic E-state index is -0.0781. The molecule has 0 bridgehead atoms. The molecular weight excluding hydrogens is 248 g/mol. The molecule has 1 aliphatic rings. The van der Waals surface area contributed by atoms with Crippen molar-refractivity contribution in [3.8, 4) is 0 Å². The summed E-state index contributed by atoms with van der Waals surface area (Å²) in [6.07, 6.45) is 8.18. The maximum Gasteiger partial charge on any atom is 0.182 e. The first-order valence-electron chi connectivity index (χ1n) is 7.01. The molecule has 0 aromatic heterocycles. The maximum absolute atomic E-state index is 11.9. The SMILES string of the molecule is CC=c1ccc(=C2C=CC(=O)C(C(CC)CO)=C2)cc1. The third-order valence-electron chi connectivity index (χ3n) is 3.74. The van der Waals surface area contributed by atoms with Crippen molar-refractivity contribution in [1.29, 1.82) is 0 Å². The molecule has 1 unspecified atom stereocenters. The van der Waals surface area contributed by atoms with E-state index in [4.69, 9.17) is 0 Å². The van der Waals surface area contributed by atoms with Crippen LogP contribution in [0, 0.1) is 5.92 Å². The van der Waals surface area contributed by atoms with E-state index < -0.39 is 0 Å². The van der Waals surface area contributed by atoms with Crippen LogP contribution in [-0.2, 0) is 4.79 Å². The molecule has 1 atom stereocenters. The Kier molecular flexibility index (Phi) is 4.70. The Morgan fingerprint density at radius 1 is 1.20 bits per heavy atom. The van der Waals surface area contributed by atoms with Crippen molar-refractivity contribution >= 4 is 17.4 Å². The lowest BCUT2D eigenvalue weighted by Crippen LogP contribution is -2.18. The highest BCUT2D eigenvalue weighted by atomic mass is 16.3. The van der Waals surface area contributed by atoms with Crippen LogP contribution in [0.5, 0.6) is 0 Å². The third-order valence-corrected chi connectivity index (χ3v) is 3.74. The Hall–Kier alpha value is -1.93. The van der Waals surface area contributed by atoms with E-state index in [1.807, 2.05) is 26.0 Å². The molecule has 2 rings (SSSR count). The molecule has 1 aromatic carbocycles. The highest BCUT2D eigenvalue weighted by Crippen LogP contribution is 2.22.